The molecule has 7 fully saturated rings. The van der Waals surface area contributed by atoms with E-state index in [2.05, 4.69) is 122 Å². The smallest absolute Gasteiger partial charge is 0.193 e. The van der Waals surface area contributed by atoms with Gasteiger partial charge < -0.3 is 56.9 Å². The van der Waals surface area contributed by atoms with Gasteiger partial charge in [-0.25, -0.2) is 0 Å². The van der Waals surface area contributed by atoms with Crippen LogP contribution >= 0.6 is 0 Å². The van der Waals surface area contributed by atoms with Crippen molar-refractivity contribution in [2.45, 2.75) is 258 Å². The average molecular weight is 989 g/mol. The highest BCUT2D eigenvalue weighted by molar-refractivity contribution is 6.74. The first kappa shape index (κ1) is 51.4. The molecule has 7 saturated heterocycles. The third-order valence-corrected chi connectivity index (χ3v) is 22.8. The van der Waals surface area contributed by atoms with Gasteiger partial charge in [-0.15, -0.1) is 0 Å². The van der Waals surface area contributed by atoms with Gasteiger partial charge in [-0.05, 0) is 89.6 Å². The fourth-order valence-electron chi connectivity index (χ4n) is 13.3. The van der Waals surface area contributed by atoms with E-state index in [4.69, 9.17) is 51.8 Å². The molecule has 8 aliphatic rings. The van der Waals surface area contributed by atoms with Crippen LogP contribution in [0, 0.1) is 0 Å². The average Bonchev–Trinajstić information content (AvgIpc) is 3.51. The predicted octanol–water partition coefficient (Wildman–Crippen LogP) is 9.72. The molecule has 0 aromatic heterocycles. The second-order valence-corrected chi connectivity index (χ2v) is 29.5. The lowest BCUT2D eigenvalue weighted by molar-refractivity contribution is -0.373. The number of benzene rings is 2. The van der Waals surface area contributed by atoms with E-state index >= 15 is 0 Å². The Hall–Kier alpha value is -2.08. The molecule has 0 bridgehead atoms. The number of ether oxygens (including phenoxy) is 10. The van der Waals surface area contributed by atoms with Gasteiger partial charge in [0.2, 0.25) is 0 Å². The molecule has 12 nitrogen and oxygen atoms in total. The Morgan fingerprint density at radius 3 is 2.09 bits per heavy atom. The van der Waals surface area contributed by atoms with Gasteiger partial charge in [0, 0.05) is 45.1 Å². The van der Waals surface area contributed by atoms with Crippen molar-refractivity contribution in [2.75, 3.05) is 13.2 Å². The van der Waals surface area contributed by atoms with Crippen LogP contribution in [0.1, 0.15) is 131 Å². The van der Waals surface area contributed by atoms with Crippen LogP contribution in [-0.4, -0.2) is 134 Å². The lowest BCUT2D eigenvalue weighted by Gasteiger charge is -2.62. The van der Waals surface area contributed by atoms with Crippen molar-refractivity contribution >= 4 is 8.32 Å². The summed E-state index contributed by atoms with van der Waals surface area (Å²) in [6.07, 6.45) is 9.27. The predicted molar refractivity (Wildman–Crippen MR) is 268 cm³/mol. The van der Waals surface area contributed by atoms with Gasteiger partial charge >= 0.3 is 0 Å². The van der Waals surface area contributed by atoms with E-state index in [1.807, 2.05) is 19.1 Å². The molecule has 0 spiro atoms. The van der Waals surface area contributed by atoms with Gasteiger partial charge in [0.15, 0.2) is 8.32 Å². The fraction of sp³-hybridized carbons (Fsp3) is 0.754. The Bertz CT molecular complexity index is 2120. The largest absolute Gasteiger partial charge is 0.405 e. The van der Waals surface area contributed by atoms with Crippen LogP contribution in [0.25, 0.3) is 0 Å². The third-order valence-electron chi connectivity index (χ3n) is 18.3. The van der Waals surface area contributed by atoms with E-state index in [9.17, 15) is 5.11 Å². The highest BCUT2D eigenvalue weighted by Crippen LogP contribution is 2.55. The van der Waals surface area contributed by atoms with Crippen LogP contribution in [0.3, 0.4) is 0 Å². The molecule has 70 heavy (non-hydrogen) atoms. The summed E-state index contributed by atoms with van der Waals surface area (Å²) in [5.41, 5.74) is -0.981. The molecule has 8 aliphatic heterocycles. The molecule has 10 rings (SSSR count). The molecule has 0 amide bonds. The summed E-state index contributed by atoms with van der Waals surface area (Å²) >= 11 is 0. The van der Waals surface area contributed by atoms with Crippen LogP contribution in [0.2, 0.25) is 18.1 Å². The van der Waals surface area contributed by atoms with Gasteiger partial charge in [-0.2, -0.15) is 0 Å². The van der Waals surface area contributed by atoms with Crippen LogP contribution in [0.15, 0.2) is 72.8 Å². The molecule has 13 heteroatoms. The normalized spacial score (nSPS) is 44.8. The highest BCUT2D eigenvalue weighted by Gasteiger charge is 2.65. The Balaban J connectivity index is 0.810. The number of rotatable bonds is 12. The fourth-order valence-corrected chi connectivity index (χ4v) is 14.9. The zero-order valence-corrected chi connectivity index (χ0v) is 44.8. The summed E-state index contributed by atoms with van der Waals surface area (Å²) in [4.78, 5) is 0. The summed E-state index contributed by atoms with van der Waals surface area (Å²) in [7, 11) is -2.22. The topological polar surface area (TPSA) is 122 Å². The Kier molecular flexibility index (Phi) is 14.4. The lowest BCUT2D eigenvalue weighted by atomic mass is 9.72. The van der Waals surface area contributed by atoms with Crippen molar-refractivity contribution < 1.29 is 56.9 Å². The van der Waals surface area contributed by atoms with Crippen molar-refractivity contribution in [3.8, 4) is 0 Å². The van der Waals surface area contributed by atoms with Gasteiger partial charge in [0.05, 0.1) is 104 Å². The SMILES string of the molecule is CC(C)(C)[Si](C)(C)O[C@@]1(C)C=C[C@H]2O[C@@]3(C)C[C@@]4(C)O[C@@H]5C[C@H]6O[C@H]7C[C@H]8O[C@@H](CCCOCc9ccccc9)C[C@H](OCc9ccccc9)[C@]8(C)O[C@]7(C)C[C@@H]6O[C@@H]5CC[C@@H]4O[C@@H]3C[C@@H]2O[C@@H]1CO. The molecular formula is C57H84O12Si. The summed E-state index contributed by atoms with van der Waals surface area (Å²) in [6.45, 7) is 23.7. The lowest BCUT2D eigenvalue weighted by Crippen LogP contribution is -2.72. The monoisotopic (exact) mass is 989 g/mol. The van der Waals surface area contributed by atoms with E-state index in [-0.39, 0.29) is 84.9 Å². The van der Waals surface area contributed by atoms with E-state index in [1.54, 1.807) is 0 Å². The summed E-state index contributed by atoms with van der Waals surface area (Å²) in [5, 5.41) is 10.7. The van der Waals surface area contributed by atoms with E-state index in [0.717, 1.165) is 50.5 Å². The standard InChI is InChI=1S/C57H84O12Si/c1-52(2,3)70(9,10)69-53(4)26-25-41-43(64-51(53)33-58)30-47-56(7,66-41)36-55(6)46(65-47)24-23-40-44(67-55)29-42-45(62-40)32-54(5)48(63-42)31-50-57(8,68-54)49(60-35-38-20-15-12-16-21-38)28-39(61-50)22-17-27-59-34-37-18-13-11-14-19-37/h11-16,18-21,25-26,39-51,58H,17,22-24,27-36H2,1-10H3/t39-,40+,41+,42+,43-,44+,45-,46-,47+,48-,49-,50+,51+,53-,54+,55+,56-,57-/m0/s1. The Morgan fingerprint density at radius 1 is 0.671 bits per heavy atom. The second-order valence-electron chi connectivity index (χ2n) is 24.8. The van der Waals surface area contributed by atoms with Gasteiger partial charge in [-0.3, -0.25) is 0 Å². The van der Waals surface area contributed by atoms with Crippen molar-refractivity contribution in [2.24, 2.45) is 0 Å². The number of fused-ring (bicyclic) bond motifs is 7. The van der Waals surface area contributed by atoms with E-state index in [1.165, 1.54) is 5.56 Å². The molecule has 2 aromatic rings. The van der Waals surface area contributed by atoms with Crippen molar-refractivity contribution in [3.63, 3.8) is 0 Å². The Labute approximate surface area is 419 Å². The minimum atomic E-state index is -2.22. The zero-order chi connectivity index (χ0) is 49.3. The molecular weight excluding hydrogens is 905 g/mol. The van der Waals surface area contributed by atoms with Crippen LogP contribution < -0.4 is 0 Å². The van der Waals surface area contributed by atoms with Gasteiger partial charge in [-0.1, -0.05) is 93.6 Å². The first-order valence-electron chi connectivity index (χ1n) is 26.8. The van der Waals surface area contributed by atoms with Crippen LogP contribution in [-0.2, 0) is 65.0 Å². The quantitative estimate of drug-likeness (QED) is 0.124. The molecule has 0 radical (unpaired) electrons. The molecule has 388 valence electrons. The van der Waals surface area contributed by atoms with Crippen molar-refractivity contribution in [3.05, 3.63) is 83.9 Å². The minimum absolute atomic E-state index is 0.00391. The molecule has 8 heterocycles. The van der Waals surface area contributed by atoms with E-state index in [0.29, 0.717) is 39.1 Å². The molecule has 0 unspecified atom stereocenters. The number of hydrogen-bond donors (Lipinski definition) is 1. The van der Waals surface area contributed by atoms with E-state index < -0.39 is 42.4 Å². The van der Waals surface area contributed by atoms with Crippen molar-refractivity contribution in [1.29, 1.82) is 0 Å². The maximum atomic E-state index is 10.7. The van der Waals surface area contributed by atoms with Crippen LogP contribution in [0.4, 0.5) is 0 Å². The maximum Gasteiger partial charge on any atom is 0.193 e. The first-order valence-corrected chi connectivity index (χ1v) is 29.7. The summed E-state index contributed by atoms with van der Waals surface area (Å²) in [5.74, 6) is 0. The number of hydrogen-bond acceptors (Lipinski definition) is 12. The third kappa shape index (κ3) is 10.1. The van der Waals surface area contributed by atoms with Crippen LogP contribution in [0.5, 0.6) is 0 Å². The maximum absolute atomic E-state index is 10.7. The highest BCUT2D eigenvalue weighted by atomic mass is 28.4. The van der Waals surface area contributed by atoms with Gasteiger partial charge in [0.25, 0.3) is 0 Å². The molecule has 1 N–H and O–H groups in total. The molecule has 18 atom stereocenters. The molecule has 0 saturated carbocycles. The van der Waals surface area contributed by atoms with Gasteiger partial charge in [0.1, 0.15) is 23.4 Å². The Morgan fingerprint density at radius 2 is 1.37 bits per heavy atom. The zero-order valence-electron chi connectivity index (χ0n) is 43.8. The summed E-state index contributed by atoms with van der Waals surface area (Å²) < 4.78 is 77.1. The first-order chi connectivity index (χ1) is 33.2. The summed E-state index contributed by atoms with van der Waals surface area (Å²) in [6, 6.07) is 20.8. The number of aliphatic hydroxyl groups is 1. The second kappa shape index (κ2) is 19.6. The number of aliphatic hydroxyl groups excluding tert-OH is 1. The minimum Gasteiger partial charge on any atom is -0.405 e. The molecule has 0 aliphatic carbocycles. The van der Waals surface area contributed by atoms with Crippen molar-refractivity contribution in [1.82, 2.24) is 0 Å². The molecule has 2 aromatic carbocycles.